The van der Waals surface area contributed by atoms with Crippen LogP contribution in [0.15, 0.2) is 0 Å². The highest BCUT2D eigenvalue weighted by molar-refractivity contribution is 7.91. The van der Waals surface area contributed by atoms with E-state index in [9.17, 15) is 12.6 Å². The van der Waals surface area contributed by atoms with E-state index in [1.165, 1.54) is 0 Å². The molecule has 0 spiro atoms. The van der Waals surface area contributed by atoms with Crippen molar-refractivity contribution in [2.45, 2.75) is 25.5 Å². The third-order valence-corrected chi connectivity index (χ3v) is 5.59. The van der Waals surface area contributed by atoms with Crippen LogP contribution in [0.2, 0.25) is 0 Å². The summed E-state index contributed by atoms with van der Waals surface area (Å²) in [5.41, 5.74) is 5.35. The van der Waals surface area contributed by atoms with Gasteiger partial charge in [0.15, 0.2) is 0 Å². The lowest BCUT2D eigenvalue weighted by Crippen LogP contribution is -2.24. The molecule has 0 saturated carbocycles. The van der Waals surface area contributed by atoms with Gasteiger partial charge in [0.05, 0.1) is 5.75 Å². The molecule has 0 heterocycles. The minimum absolute atomic E-state index is 0.0423. The summed E-state index contributed by atoms with van der Waals surface area (Å²) in [6.07, 6.45) is 0.465. The second kappa shape index (κ2) is 6.53. The summed E-state index contributed by atoms with van der Waals surface area (Å²) >= 11 is 0. The molecule has 2 atom stereocenters. The molecule has 0 aliphatic rings. The van der Waals surface area contributed by atoms with Gasteiger partial charge < -0.3 is 5.73 Å². The lowest BCUT2D eigenvalue weighted by Gasteiger charge is -2.07. The number of hydrogen-bond acceptors (Lipinski definition) is 4. The Labute approximate surface area is 88.6 Å². The molecule has 6 heteroatoms. The van der Waals surface area contributed by atoms with Gasteiger partial charge in [0, 0.05) is 34.1 Å². The monoisotopic (exact) mass is 241 g/mol. The maximum Gasteiger partial charge on any atom is 0.150 e. The van der Waals surface area contributed by atoms with E-state index in [0.717, 1.165) is 0 Å². The Balaban J connectivity index is 3.81. The first-order chi connectivity index (χ1) is 6.43. The van der Waals surface area contributed by atoms with E-state index in [0.29, 0.717) is 18.7 Å². The van der Waals surface area contributed by atoms with Gasteiger partial charge in [0.2, 0.25) is 0 Å². The predicted octanol–water partition coefficient (Wildman–Crippen LogP) is -0.0929. The lowest BCUT2D eigenvalue weighted by atomic mass is 10.5. The number of rotatable bonds is 7. The molecule has 0 amide bonds. The zero-order chi connectivity index (χ0) is 11.2. The van der Waals surface area contributed by atoms with Crippen molar-refractivity contribution in [1.29, 1.82) is 0 Å². The molecule has 86 valence electrons. The van der Waals surface area contributed by atoms with Gasteiger partial charge >= 0.3 is 0 Å². The van der Waals surface area contributed by atoms with Gasteiger partial charge in [-0.05, 0) is 13.3 Å². The largest absolute Gasteiger partial charge is 0.329 e. The van der Waals surface area contributed by atoms with Crippen LogP contribution in [0.3, 0.4) is 0 Å². The van der Waals surface area contributed by atoms with Crippen LogP contribution in [-0.4, -0.2) is 41.7 Å². The Kier molecular flexibility index (Phi) is 6.55. The minimum atomic E-state index is -2.91. The molecular weight excluding hydrogens is 222 g/mol. The Hall–Kier alpha value is 0.0600. The Morgan fingerprint density at radius 1 is 1.43 bits per heavy atom. The topological polar surface area (TPSA) is 77.2 Å². The molecule has 0 aromatic rings. The maximum absolute atomic E-state index is 11.4. The summed E-state index contributed by atoms with van der Waals surface area (Å²) in [6, 6.07) is 0. The first kappa shape index (κ1) is 14.1. The molecule has 4 nitrogen and oxygen atoms in total. The highest BCUT2D eigenvalue weighted by Gasteiger charge is 2.11. The molecular formula is C8H19NO3S2. The first-order valence-electron chi connectivity index (χ1n) is 4.70. The lowest BCUT2D eigenvalue weighted by molar-refractivity contribution is 0.596. The van der Waals surface area contributed by atoms with Crippen LogP contribution in [-0.2, 0) is 20.6 Å². The molecule has 0 aromatic heterocycles. The average Bonchev–Trinajstić information content (AvgIpc) is 2.16. The quantitative estimate of drug-likeness (QED) is 0.675. The van der Waals surface area contributed by atoms with Gasteiger partial charge in [-0.25, -0.2) is 8.42 Å². The fourth-order valence-electron chi connectivity index (χ4n) is 0.874. The van der Waals surface area contributed by atoms with Gasteiger partial charge in [-0.1, -0.05) is 6.92 Å². The molecule has 0 aliphatic carbocycles. The summed E-state index contributed by atoms with van der Waals surface area (Å²) in [6.45, 7) is 3.81. The number of nitrogens with two attached hydrogens (primary N) is 1. The van der Waals surface area contributed by atoms with E-state index >= 15 is 0 Å². The van der Waals surface area contributed by atoms with Gasteiger partial charge in [0.25, 0.3) is 0 Å². The van der Waals surface area contributed by atoms with Crippen LogP contribution in [0.4, 0.5) is 0 Å². The van der Waals surface area contributed by atoms with Crippen LogP contribution < -0.4 is 5.73 Å². The number of hydrogen-bond donors (Lipinski definition) is 1. The Bertz CT molecular complexity index is 274. The zero-order valence-electron chi connectivity index (χ0n) is 8.73. The van der Waals surface area contributed by atoms with Crippen molar-refractivity contribution in [3.05, 3.63) is 0 Å². The molecule has 0 aromatic carbocycles. The molecule has 14 heavy (non-hydrogen) atoms. The van der Waals surface area contributed by atoms with Gasteiger partial charge in [-0.2, -0.15) is 0 Å². The van der Waals surface area contributed by atoms with E-state index in [4.69, 9.17) is 5.73 Å². The van der Waals surface area contributed by atoms with Crippen molar-refractivity contribution < 1.29 is 12.6 Å². The fraction of sp³-hybridized carbons (Fsp3) is 1.00. The van der Waals surface area contributed by atoms with E-state index < -0.39 is 20.6 Å². The molecule has 0 radical (unpaired) electrons. The van der Waals surface area contributed by atoms with E-state index in [2.05, 4.69) is 0 Å². The molecule has 0 rings (SSSR count). The molecule has 0 aliphatic heterocycles. The summed E-state index contributed by atoms with van der Waals surface area (Å²) in [5.74, 6) is 0.718. The van der Waals surface area contributed by atoms with Gasteiger partial charge in [-0.3, -0.25) is 4.21 Å². The predicted molar refractivity (Wildman–Crippen MR) is 60.5 cm³/mol. The maximum atomic E-state index is 11.4. The normalized spacial score (nSPS) is 16.5. The van der Waals surface area contributed by atoms with Crippen LogP contribution in [0.1, 0.15) is 20.3 Å². The standard InChI is InChI=1S/C8H19NO3S2/c1-3-14(11,12)6-4-5-13(10)8(2)7-9/h8H,3-7,9H2,1-2H3. The van der Waals surface area contributed by atoms with Crippen molar-refractivity contribution in [1.82, 2.24) is 0 Å². The highest BCUT2D eigenvalue weighted by atomic mass is 32.2. The van der Waals surface area contributed by atoms with Crippen LogP contribution in [0, 0.1) is 0 Å². The molecule has 2 N–H and O–H groups in total. The Morgan fingerprint density at radius 2 is 2.00 bits per heavy atom. The zero-order valence-corrected chi connectivity index (χ0v) is 10.4. The summed E-state index contributed by atoms with van der Waals surface area (Å²) in [7, 11) is -3.90. The minimum Gasteiger partial charge on any atom is -0.329 e. The van der Waals surface area contributed by atoms with Crippen LogP contribution >= 0.6 is 0 Å². The summed E-state index contributed by atoms with van der Waals surface area (Å²) < 4.78 is 33.6. The second-order valence-corrected chi connectivity index (χ2v) is 7.67. The van der Waals surface area contributed by atoms with E-state index in [1.807, 2.05) is 6.92 Å². The van der Waals surface area contributed by atoms with Gasteiger partial charge in [0.1, 0.15) is 9.84 Å². The summed E-state index contributed by atoms with van der Waals surface area (Å²) in [5, 5.41) is -0.0423. The van der Waals surface area contributed by atoms with Crippen LogP contribution in [0.5, 0.6) is 0 Å². The fourth-order valence-corrected chi connectivity index (χ4v) is 2.98. The van der Waals surface area contributed by atoms with Crippen LogP contribution in [0.25, 0.3) is 0 Å². The molecule has 0 saturated heterocycles. The van der Waals surface area contributed by atoms with Crippen molar-refractivity contribution in [2.75, 3.05) is 23.8 Å². The Morgan fingerprint density at radius 3 is 2.43 bits per heavy atom. The molecule has 0 bridgehead atoms. The van der Waals surface area contributed by atoms with Gasteiger partial charge in [-0.15, -0.1) is 0 Å². The molecule has 0 fully saturated rings. The van der Waals surface area contributed by atoms with Crippen molar-refractivity contribution in [3.63, 3.8) is 0 Å². The van der Waals surface area contributed by atoms with Crippen molar-refractivity contribution >= 4 is 20.6 Å². The first-order valence-corrected chi connectivity index (χ1v) is 7.91. The third-order valence-electron chi connectivity index (χ3n) is 2.02. The molecule has 2 unspecified atom stereocenters. The second-order valence-electron chi connectivity index (χ2n) is 3.22. The summed E-state index contributed by atoms with van der Waals surface area (Å²) in [4.78, 5) is 0. The third kappa shape index (κ3) is 5.72. The van der Waals surface area contributed by atoms with Crippen molar-refractivity contribution in [3.8, 4) is 0 Å². The number of sulfone groups is 1. The van der Waals surface area contributed by atoms with E-state index in [1.54, 1.807) is 6.92 Å². The average molecular weight is 241 g/mol. The smallest absolute Gasteiger partial charge is 0.150 e. The van der Waals surface area contributed by atoms with Crippen molar-refractivity contribution in [2.24, 2.45) is 5.73 Å². The highest BCUT2D eigenvalue weighted by Crippen LogP contribution is 1.99. The van der Waals surface area contributed by atoms with E-state index in [-0.39, 0.29) is 16.8 Å². The SMILES string of the molecule is CCS(=O)(=O)CCCS(=O)C(C)CN.